The van der Waals surface area contributed by atoms with E-state index in [1.807, 2.05) is 75.4 Å². The lowest BCUT2D eigenvalue weighted by molar-refractivity contribution is -0.116. The first-order valence-corrected chi connectivity index (χ1v) is 13.5. The van der Waals surface area contributed by atoms with Gasteiger partial charge in [-0.25, -0.2) is 4.79 Å². The van der Waals surface area contributed by atoms with Crippen LogP contribution in [-0.4, -0.2) is 43.1 Å². The first-order chi connectivity index (χ1) is 19.2. The van der Waals surface area contributed by atoms with Crippen molar-refractivity contribution in [3.63, 3.8) is 0 Å². The SMILES string of the molecule is Cc1ccc(C(=O)O)cc1-n1c(C)cc([C@H]2[C@H](c3ccccn3)NC(=S)N2CCC(=O)Nc2ccccc2)c1C. The van der Waals surface area contributed by atoms with Crippen molar-refractivity contribution in [1.82, 2.24) is 19.8 Å². The van der Waals surface area contributed by atoms with Gasteiger partial charge >= 0.3 is 5.97 Å². The minimum absolute atomic E-state index is 0.0966. The van der Waals surface area contributed by atoms with Crippen LogP contribution in [0, 0.1) is 20.8 Å². The van der Waals surface area contributed by atoms with E-state index in [9.17, 15) is 14.7 Å². The zero-order valence-electron chi connectivity index (χ0n) is 22.6. The first kappa shape index (κ1) is 27.1. The van der Waals surface area contributed by atoms with E-state index in [0.29, 0.717) is 11.7 Å². The molecular weight excluding hydrogens is 522 g/mol. The Kier molecular flexibility index (Phi) is 7.66. The zero-order valence-corrected chi connectivity index (χ0v) is 23.4. The molecule has 1 aliphatic rings. The Labute approximate surface area is 238 Å². The topological polar surface area (TPSA) is 99.5 Å². The maximum absolute atomic E-state index is 12.8. The quantitative estimate of drug-likeness (QED) is 0.248. The number of benzene rings is 2. The molecule has 9 heteroatoms. The molecule has 5 rings (SSSR count). The van der Waals surface area contributed by atoms with Crippen molar-refractivity contribution in [2.24, 2.45) is 0 Å². The van der Waals surface area contributed by atoms with E-state index in [0.717, 1.165) is 39.6 Å². The maximum Gasteiger partial charge on any atom is 0.335 e. The predicted octanol–water partition coefficient (Wildman–Crippen LogP) is 5.50. The van der Waals surface area contributed by atoms with Crippen molar-refractivity contribution in [1.29, 1.82) is 0 Å². The van der Waals surface area contributed by atoms with Gasteiger partial charge in [0.2, 0.25) is 5.91 Å². The Hall–Kier alpha value is -4.50. The lowest BCUT2D eigenvalue weighted by Gasteiger charge is -2.28. The molecule has 0 unspecified atom stereocenters. The molecule has 1 amide bonds. The van der Waals surface area contributed by atoms with Gasteiger partial charge in [0.15, 0.2) is 5.11 Å². The molecule has 8 nitrogen and oxygen atoms in total. The molecule has 3 N–H and O–H groups in total. The lowest BCUT2D eigenvalue weighted by atomic mass is 9.96. The minimum Gasteiger partial charge on any atom is -0.478 e. The van der Waals surface area contributed by atoms with Gasteiger partial charge in [-0.05, 0) is 86.6 Å². The van der Waals surface area contributed by atoms with E-state index < -0.39 is 5.97 Å². The summed E-state index contributed by atoms with van der Waals surface area (Å²) >= 11 is 5.80. The summed E-state index contributed by atoms with van der Waals surface area (Å²) in [6.07, 6.45) is 2.01. The number of nitrogens with one attached hydrogen (secondary N) is 2. The normalized spacial score (nSPS) is 16.6. The number of carbonyl (C=O) groups excluding carboxylic acids is 1. The molecule has 204 valence electrons. The van der Waals surface area contributed by atoms with Crippen molar-refractivity contribution in [2.75, 3.05) is 11.9 Å². The number of nitrogens with zero attached hydrogens (tertiary/aromatic N) is 3. The molecule has 0 bridgehead atoms. The van der Waals surface area contributed by atoms with Crippen LogP contribution in [0.1, 0.15) is 57.1 Å². The summed E-state index contributed by atoms with van der Waals surface area (Å²) in [5.41, 5.74) is 6.59. The number of para-hydroxylation sites is 1. The second kappa shape index (κ2) is 11.3. The maximum atomic E-state index is 12.8. The molecule has 2 atom stereocenters. The highest BCUT2D eigenvalue weighted by atomic mass is 32.1. The summed E-state index contributed by atoms with van der Waals surface area (Å²) in [5.74, 6) is -1.06. The van der Waals surface area contributed by atoms with E-state index in [-0.39, 0.29) is 30.0 Å². The van der Waals surface area contributed by atoms with Gasteiger partial charge in [0.25, 0.3) is 0 Å². The van der Waals surface area contributed by atoms with E-state index in [1.165, 1.54) is 0 Å². The third kappa shape index (κ3) is 5.33. The Morgan fingerprint density at radius 3 is 2.48 bits per heavy atom. The molecule has 0 spiro atoms. The fraction of sp³-hybridized carbons (Fsp3) is 0.226. The fourth-order valence-electron chi connectivity index (χ4n) is 5.39. The number of hydrogen-bond donors (Lipinski definition) is 3. The second-order valence-electron chi connectivity index (χ2n) is 9.95. The van der Waals surface area contributed by atoms with E-state index in [1.54, 1.807) is 18.3 Å². The van der Waals surface area contributed by atoms with Crippen LogP contribution in [0.4, 0.5) is 5.69 Å². The molecule has 3 heterocycles. The monoisotopic (exact) mass is 553 g/mol. The van der Waals surface area contributed by atoms with Crippen molar-refractivity contribution in [3.05, 3.63) is 113 Å². The molecule has 0 radical (unpaired) electrons. The van der Waals surface area contributed by atoms with Crippen LogP contribution >= 0.6 is 12.2 Å². The Balaban J connectivity index is 1.52. The number of aryl methyl sites for hydroxylation is 2. The number of amides is 1. The minimum atomic E-state index is -0.968. The van der Waals surface area contributed by atoms with Crippen LogP contribution in [-0.2, 0) is 4.79 Å². The van der Waals surface area contributed by atoms with E-state index in [2.05, 4.69) is 31.2 Å². The fourth-order valence-corrected chi connectivity index (χ4v) is 5.72. The second-order valence-corrected chi connectivity index (χ2v) is 10.3. The molecule has 1 saturated heterocycles. The smallest absolute Gasteiger partial charge is 0.335 e. The van der Waals surface area contributed by atoms with Gasteiger partial charge in [-0.1, -0.05) is 30.3 Å². The van der Waals surface area contributed by atoms with E-state index in [4.69, 9.17) is 12.2 Å². The van der Waals surface area contributed by atoms with Gasteiger partial charge in [-0.15, -0.1) is 0 Å². The van der Waals surface area contributed by atoms with Gasteiger partial charge in [-0.2, -0.15) is 0 Å². The van der Waals surface area contributed by atoms with Gasteiger partial charge in [0, 0.05) is 41.9 Å². The van der Waals surface area contributed by atoms with Gasteiger partial charge in [0.05, 0.1) is 23.3 Å². The summed E-state index contributed by atoms with van der Waals surface area (Å²) in [6, 6.07) is 22.0. The lowest BCUT2D eigenvalue weighted by Crippen LogP contribution is -2.32. The van der Waals surface area contributed by atoms with Gasteiger partial charge < -0.3 is 25.2 Å². The zero-order chi connectivity index (χ0) is 28.4. The highest BCUT2D eigenvalue weighted by molar-refractivity contribution is 7.80. The van der Waals surface area contributed by atoms with Crippen LogP contribution in [0.25, 0.3) is 5.69 Å². The number of carboxylic acids is 1. The largest absolute Gasteiger partial charge is 0.478 e. The average molecular weight is 554 g/mol. The van der Waals surface area contributed by atoms with Gasteiger partial charge in [0.1, 0.15) is 0 Å². The number of carbonyl (C=O) groups is 2. The van der Waals surface area contributed by atoms with Crippen LogP contribution in [0.3, 0.4) is 0 Å². The predicted molar refractivity (Wildman–Crippen MR) is 159 cm³/mol. The summed E-state index contributed by atoms with van der Waals surface area (Å²) in [4.78, 5) is 31.2. The standard InChI is InChI=1S/C31H31N5O3S/c1-19-12-13-22(30(38)39)18-26(19)36-20(2)17-24(21(36)3)29-28(25-11-7-8-15-32-25)34-31(40)35(29)16-14-27(37)33-23-9-5-4-6-10-23/h4-13,15,17-18,28-29H,14,16H2,1-3H3,(H,33,37)(H,34,40)(H,38,39)/t28-,29-/m0/s1. The number of hydrogen-bond acceptors (Lipinski definition) is 4. The Morgan fingerprint density at radius 2 is 1.77 bits per heavy atom. The number of rotatable bonds is 8. The van der Waals surface area contributed by atoms with E-state index >= 15 is 0 Å². The molecule has 0 aliphatic carbocycles. The van der Waals surface area contributed by atoms with Crippen molar-refractivity contribution in [3.8, 4) is 5.69 Å². The first-order valence-electron chi connectivity index (χ1n) is 13.1. The van der Waals surface area contributed by atoms with Crippen molar-refractivity contribution in [2.45, 2.75) is 39.3 Å². The molecular formula is C31H31N5O3S. The van der Waals surface area contributed by atoms with Crippen molar-refractivity contribution < 1.29 is 14.7 Å². The molecule has 0 saturated carbocycles. The number of carboxylic acid groups (broad SMARTS) is 1. The molecule has 1 fully saturated rings. The molecule has 4 aromatic rings. The van der Waals surface area contributed by atoms with Crippen LogP contribution in [0.15, 0.2) is 79.0 Å². The Bertz CT molecular complexity index is 1570. The van der Waals surface area contributed by atoms with Crippen molar-refractivity contribution >= 4 is 34.9 Å². The van der Waals surface area contributed by atoms with Gasteiger partial charge in [-0.3, -0.25) is 9.78 Å². The third-order valence-electron chi connectivity index (χ3n) is 7.32. The number of thiocarbonyl (C=S) groups is 1. The number of aromatic nitrogens is 2. The highest BCUT2D eigenvalue weighted by Crippen LogP contribution is 2.41. The molecule has 2 aromatic carbocycles. The molecule has 40 heavy (non-hydrogen) atoms. The third-order valence-corrected chi connectivity index (χ3v) is 7.67. The molecule has 1 aliphatic heterocycles. The van der Waals surface area contributed by atoms with Crippen LogP contribution in [0.5, 0.6) is 0 Å². The van der Waals surface area contributed by atoms with Crippen LogP contribution in [0.2, 0.25) is 0 Å². The number of anilines is 1. The Morgan fingerprint density at radius 1 is 1.02 bits per heavy atom. The van der Waals surface area contributed by atoms with Crippen LogP contribution < -0.4 is 10.6 Å². The highest BCUT2D eigenvalue weighted by Gasteiger charge is 2.41. The number of aromatic carboxylic acids is 1. The summed E-state index contributed by atoms with van der Waals surface area (Å²) in [5, 5.41) is 16.6. The molecule has 2 aromatic heterocycles. The summed E-state index contributed by atoms with van der Waals surface area (Å²) in [6.45, 7) is 6.43. The average Bonchev–Trinajstić information content (AvgIpc) is 3.43. The summed E-state index contributed by atoms with van der Waals surface area (Å²) < 4.78 is 2.09. The number of pyridine rings is 1. The summed E-state index contributed by atoms with van der Waals surface area (Å²) in [7, 11) is 0.